The number of ether oxygens (including phenoxy) is 1. The molecule has 1 aliphatic rings. The molecule has 0 atom stereocenters. The molecule has 0 saturated heterocycles. The van der Waals surface area contributed by atoms with E-state index in [2.05, 4.69) is 14.7 Å². The third-order valence-electron chi connectivity index (χ3n) is 2.05. The molecule has 1 aromatic rings. The van der Waals surface area contributed by atoms with Crippen LogP contribution in [0.4, 0.5) is 0 Å². The van der Waals surface area contributed by atoms with Gasteiger partial charge >= 0.3 is 0 Å². The molecule has 13 heavy (non-hydrogen) atoms. The van der Waals surface area contributed by atoms with Crippen LogP contribution in [0.2, 0.25) is 0 Å². The zero-order valence-corrected chi connectivity index (χ0v) is 7.20. The highest BCUT2D eigenvalue weighted by Crippen LogP contribution is 2.38. The Morgan fingerprint density at radius 3 is 2.77 bits per heavy atom. The molecule has 0 aromatic carbocycles. The second-order valence-corrected chi connectivity index (χ2v) is 3.08. The maximum atomic E-state index is 11.2. The maximum absolute atomic E-state index is 11.2. The van der Waals surface area contributed by atoms with Crippen molar-refractivity contribution in [2.45, 2.75) is 18.8 Å². The Bertz CT molecular complexity index is 381. The second kappa shape index (κ2) is 2.76. The van der Waals surface area contributed by atoms with Gasteiger partial charge in [-0.05, 0) is 12.8 Å². The number of nitrogens with zero attached hydrogens (tertiary/aromatic N) is 1. The van der Waals surface area contributed by atoms with Crippen molar-refractivity contribution in [2.24, 2.45) is 0 Å². The molecular formula is C8H10N2O3. The fraction of sp³-hybridized carbons (Fsp3) is 0.500. The van der Waals surface area contributed by atoms with E-state index >= 15 is 0 Å². The molecular weight excluding hydrogens is 172 g/mol. The molecule has 2 N–H and O–H groups in total. The number of aromatic hydroxyl groups is 1. The summed E-state index contributed by atoms with van der Waals surface area (Å²) in [5.74, 6) is 0.422. The number of hydrogen-bond donors (Lipinski definition) is 2. The first-order chi connectivity index (χ1) is 6.22. The summed E-state index contributed by atoms with van der Waals surface area (Å²) in [5.41, 5.74) is -0.420. The Kier molecular flexibility index (Phi) is 1.72. The standard InChI is InChI=1S/C8H10N2O3/c1-13-5-7(11)9-6(4-2-3-4)10-8(5)12/h4H,2-3H2,1H3,(H2,9,10,11,12). The lowest BCUT2D eigenvalue weighted by molar-refractivity contribution is 0.354. The van der Waals surface area contributed by atoms with Gasteiger partial charge in [-0.25, -0.2) is 0 Å². The first kappa shape index (κ1) is 8.10. The number of aromatic amines is 1. The molecule has 0 radical (unpaired) electrons. The van der Waals surface area contributed by atoms with Gasteiger partial charge in [-0.1, -0.05) is 0 Å². The van der Waals surface area contributed by atoms with Crippen LogP contribution in [-0.2, 0) is 0 Å². The summed E-state index contributed by atoms with van der Waals surface area (Å²) in [6.07, 6.45) is 2.05. The van der Waals surface area contributed by atoms with Crippen LogP contribution in [0.25, 0.3) is 0 Å². The fourth-order valence-electron chi connectivity index (χ4n) is 1.20. The lowest BCUT2D eigenvalue weighted by Crippen LogP contribution is -2.13. The van der Waals surface area contributed by atoms with Gasteiger partial charge in [0.25, 0.3) is 11.4 Å². The summed E-state index contributed by atoms with van der Waals surface area (Å²) in [5, 5.41) is 9.29. The minimum Gasteiger partial charge on any atom is -0.490 e. The quantitative estimate of drug-likeness (QED) is 0.692. The number of aromatic nitrogens is 2. The van der Waals surface area contributed by atoms with Gasteiger partial charge in [0.2, 0.25) is 5.75 Å². The van der Waals surface area contributed by atoms with Gasteiger partial charge in [0, 0.05) is 5.92 Å². The zero-order chi connectivity index (χ0) is 9.42. The van der Waals surface area contributed by atoms with E-state index < -0.39 is 5.56 Å². The number of nitrogens with one attached hydrogen (secondary N) is 1. The molecule has 1 heterocycles. The molecule has 1 aliphatic carbocycles. The molecule has 1 fully saturated rings. The van der Waals surface area contributed by atoms with Crippen molar-refractivity contribution in [3.05, 3.63) is 16.2 Å². The van der Waals surface area contributed by atoms with Crippen molar-refractivity contribution in [3.8, 4) is 11.6 Å². The molecule has 5 heteroatoms. The van der Waals surface area contributed by atoms with Gasteiger partial charge in [-0.2, -0.15) is 4.98 Å². The van der Waals surface area contributed by atoms with Crippen LogP contribution in [0, 0.1) is 0 Å². The van der Waals surface area contributed by atoms with Crippen molar-refractivity contribution >= 4 is 0 Å². The summed E-state index contributed by atoms with van der Waals surface area (Å²) in [6.45, 7) is 0. The molecule has 5 nitrogen and oxygen atoms in total. The van der Waals surface area contributed by atoms with Gasteiger partial charge in [-0.3, -0.25) is 4.79 Å². The Labute approximate surface area is 74.4 Å². The molecule has 2 rings (SSSR count). The average Bonchev–Trinajstić information content (AvgIpc) is 2.85. The smallest absolute Gasteiger partial charge is 0.297 e. The van der Waals surface area contributed by atoms with Crippen molar-refractivity contribution in [3.63, 3.8) is 0 Å². The number of methoxy groups -OCH3 is 1. The highest BCUT2D eigenvalue weighted by molar-refractivity contribution is 5.30. The SMILES string of the molecule is COc1c(O)nc(C2CC2)[nH]c1=O. The lowest BCUT2D eigenvalue weighted by Gasteiger charge is -2.02. The zero-order valence-electron chi connectivity index (χ0n) is 7.20. The van der Waals surface area contributed by atoms with Gasteiger partial charge in [0.15, 0.2) is 0 Å². The van der Waals surface area contributed by atoms with Crippen LogP contribution >= 0.6 is 0 Å². The Hall–Kier alpha value is -1.52. The van der Waals surface area contributed by atoms with Crippen molar-refractivity contribution in [2.75, 3.05) is 7.11 Å². The molecule has 70 valence electrons. The van der Waals surface area contributed by atoms with E-state index in [1.165, 1.54) is 7.11 Å². The topological polar surface area (TPSA) is 75.2 Å². The largest absolute Gasteiger partial charge is 0.490 e. The van der Waals surface area contributed by atoms with Gasteiger partial charge in [-0.15, -0.1) is 0 Å². The van der Waals surface area contributed by atoms with E-state index in [0.717, 1.165) is 12.8 Å². The van der Waals surface area contributed by atoms with Crippen LogP contribution < -0.4 is 10.3 Å². The van der Waals surface area contributed by atoms with E-state index in [4.69, 9.17) is 0 Å². The molecule has 0 bridgehead atoms. The van der Waals surface area contributed by atoms with E-state index in [0.29, 0.717) is 11.7 Å². The Morgan fingerprint density at radius 2 is 2.31 bits per heavy atom. The number of H-pyrrole nitrogens is 1. The second-order valence-electron chi connectivity index (χ2n) is 3.08. The van der Waals surface area contributed by atoms with Gasteiger partial charge < -0.3 is 14.8 Å². The first-order valence-corrected chi connectivity index (χ1v) is 4.09. The van der Waals surface area contributed by atoms with E-state index in [9.17, 15) is 9.90 Å². The maximum Gasteiger partial charge on any atom is 0.297 e. The van der Waals surface area contributed by atoms with E-state index in [-0.39, 0.29) is 11.6 Å². The van der Waals surface area contributed by atoms with Crippen molar-refractivity contribution in [1.82, 2.24) is 9.97 Å². The monoisotopic (exact) mass is 182 g/mol. The predicted molar refractivity (Wildman–Crippen MR) is 45.0 cm³/mol. The van der Waals surface area contributed by atoms with Crippen LogP contribution in [0.5, 0.6) is 11.6 Å². The Balaban J connectivity index is 2.48. The van der Waals surface area contributed by atoms with E-state index in [1.807, 2.05) is 0 Å². The summed E-state index contributed by atoms with van der Waals surface area (Å²) >= 11 is 0. The van der Waals surface area contributed by atoms with Crippen molar-refractivity contribution < 1.29 is 9.84 Å². The fourth-order valence-corrected chi connectivity index (χ4v) is 1.20. The van der Waals surface area contributed by atoms with Crippen LogP contribution in [0.1, 0.15) is 24.6 Å². The molecule has 0 amide bonds. The molecule has 0 spiro atoms. The highest BCUT2D eigenvalue weighted by atomic mass is 16.5. The summed E-state index contributed by atoms with van der Waals surface area (Å²) < 4.78 is 4.67. The first-order valence-electron chi connectivity index (χ1n) is 4.09. The number of hydrogen-bond acceptors (Lipinski definition) is 4. The number of rotatable bonds is 2. The third kappa shape index (κ3) is 1.37. The minimum atomic E-state index is -0.420. The summed E-state index contributed by atoms with van der Waals surface area (Å²) in [7, 11) is 1.32. The lowest BCUT2D eigenvalue weighted by atomic mass is 10.4. The van der Waals surface area contributed by atoms with Crippen LogP contribution in [-0.4, -0.2) is 22.2 Å². The summed E-state index contributed by atoms with van der Waals surface area (Å²) in [6, 6.07) is 0. The summed E-state index contributed by atoms with van der Waals surface area (Å²) in [4.78, 5) is 17.7. The van der Waals surface area contributed by atoms with Gasteiger partial charge in [0.1, 0.15) is 5.82 Å². The normalized spacial score (nSPS) is 15.8. The molecule has 0 aliphatic heterocycles. The minimum absolute atomic E-state index is 0.121. The Morgan fingerprint density at radius 1 is 1.62 bits per heavy atom. The van der Waals surface area contributed by atoms with Gasteiger partial charge in [0.05, 0.1) is 7.11 Å². The molecule has 1 aromatic heterocycles. The van der Waals surface area contributed by atoms with Crippen LogP contribution in [0.3, 0.4) is 0 Å². The average molecular weight is 182 g/mol. The molecule has 1 saturated carbocycles. The van der Waals surface area contributed by atoms with Crippen molar-refractivity contribution in [1.29, 1.82) is 0 Å². The molecule has 0 unspecified atom stereocenters. The highest BCUT2D eigenvalue weighted by Gasteiger charge is 2.27. The van der Waals surface area contributed by atoms with E-state index in [1.54, 1.807) is 0 Å². The third-order valence-corrected chi connectivity index (χ3v) is 2.05. The predicted octanol–water partition coefficient (Wildman–Crippen LogP) is 0.361. The van der Waals surface area contributed by atoms with Crippen LogP contribution in [0.15, 0.2) is 4.79 Å².